The maximum Gasteiger partial charge on any atom is 0.286 e. The van der Waals surface area contributed by atoms with Crippen LogP contribution in [-0.4, -0.2) is 97.9 Å². The lowest BCUT2D eigenvalue weighted by molar-refractivity contribution is -0.614. The number of hydrogen-bond donors (Lipinski definition) is 12. The lowest BCUT2D eigenvalue weighted by Gasteiger charge is -2.62. The van der Waals surface area contributed by atoms with Crippen LogP contribution < -0.4 is 5.32 Å². The van der Waals surface area contributed by atoms with Crippen molar-refractivity contribution in [2.24, 2.45) is 0 Å². The fourth-order valence-corrected chi connectivity index (χ4v) is 1.83. The summed E-state index contributed by atoms with van der Waals surface area (Å²) in [6.07, 6.45) is 0. The van der Waals surface area contributed by atoms with Crippen LogP contribution in [-0.2, 0) is 0 Å². The summed E-state index contributed by atoms with van der Waals surface area (Å²) in [6, 6.07) is 0. The lowest BCUT2D eigenvalue weighted by atomic mass is 9.68. The van der Waals surface area contributed by atoms with Crippen LogP contribution in [0.25, 0.3) is 0 Å². The van der Waals surface area contributed by atoms with Crippen molar-refractivity contribution in [1.29, 1.82) is 0 Å². The largest absolute Gasteiger partial charge is 0.366 e. The van der Waals surface area contributed by atoms with Gasteiger partial charge >= 0.3 is 0 Å². The van der Waals surface area contributed by atoms with E-state index in [9.17, 15) is 56.2 Å². The highest BCUT2D eigenvalue weighted by atomic mass is 16.7. The third kappa shape index (κ3) is 1.32. The molecule has 1 aliphatic carbocycles. The Labute approximate surface area is 104 Å². The van der Waals surface area contributed by atoms with Gasteiger partial charge in [-0.25, -0.2) is 0 Å². The van der Waals surface area contributed by atoms with Gasteiger partial charge in [0.1, 0.15) is 0 Å². The molecular weight excluding hydrogens is 274 g/mol. The first kappa shape index (κ1) is 16.6. The first-order chi connectivity index (χ1) is 8.06. The highest BCUT2D eigenvalue weighted by Crippen LogP contribution is 2.52. The average Bonchev–Trinajstić information content (AvgIpc) is 2.24. The molecule has 1 saturated carbocycles. The standard InChI is InChI=1S/C7H15NO11/c1-8-2(9)3(10,11)5(14,15)7(18,19)6(16,17)4(2,12)13/h8-19H,1H3. The van der Waals surface area contributed by atoms with Gasteiger partial charge in [0.25, 0.3) is 28.9 Å². The molecule has 0 atom stereocenters. The molecule has 0 spiro atoms. The van der Waals surface area contributed by atoms with E-state index in [0.29, 0.717) is 7.05 Å². The van der Waals surface area contributed by atoms with Crippen LogP contribution in [0.3, 0.4) is 0 Å². The summed E-state index contributed by atoms with van der Waals surface area (Å²) >= 11 is 0. The van der Waals surface area contributed by atoms with E-state index in [1.165, 1.54) is 5.32 Å². The molecule has 0 aliphatic heterocycles. The second-order valence-corrected chi connectivity index (χ2v) is 4.32. The predicted molar refractivity (Wildman–Crippen MR) is 49.9 cm³/mol. The minimum atomic E-state index is -4.68. The van der Waals surface area contributed by atoms with E-state index >= 15 is 0 Å². The summed E-state index contributed by atoms with van der Waals surface area (Å²) in [4.78, 5) is 0. The van der Waals surface area contributed by atoms with E-state index in [-0.39, 0.29) is 0 Å². The zero-order valence-electron chi connectivity index (χ0n) is 9.42. The van der Waals surface area contributed by atoms with Crippen molar-refractivity contribution in [3.63, 3.8) is 0 Å². The van der Waals surface area contributed by atoms with Crippen molar-refractivity contribution in [3.8, 4) is 0 Å². The van der Waals surface area contributed by atoms with Crippen molar-refractivity contribution in [1.82, 2.24) is 5.32 Å². The Bertz CT molecular complexity index is 357. The highest BCUT2D eigenvalue weighted by molar-refractivity contribution is 5.22. The Kier molecular flexibility index (Phi) is 3.13. The first-order valence-electron chi connectivity index (χ1n) is 4.71. The van der Waals surface area contributed by atoms with E-state index in [0.717, 1.165) is 0 Å². The van der Waals surface area contributed by atoms with Crippen LogP contribution in [0.15, 0.2) is 0 Å². The summed E-state index contributed by atoms with van der Waals surface area (Å²) in [5, 5.41) is 104. The Hall–Kier alpha value is -0.480. The fourth-order valence-electron chi connectivity index (χ4n) is 1.83. The Morgan fingerprint density at radius 2 is 0.684 bits per heavy atom. The zero-order valence-corrected chi connectivity index (χ0v) is 9.42. The van der Waals surface area contributed by atoms with Gasteiger partial charge in [-0.2, -0.15) is 0 Å². The maximum atomic E-state index is 9.67. The predicted octanol–water partition coefficient (Wildman–Crippen LogP) is -7.69. The van der Waals surface area contributed by atoms with E-state index in [1.54, 1.807) is 0 Å². The number of hydrogen-bond acceptors (Lipinski definition) is 12. The minimum Gasteiger partial charge on any atom is -0.366 e. The molecular formula is C7H15NO11. The Morgan fingerprint density at radius 3 is 0.895 bits per heavy atom. The molecule has 0 saturated heterocycles. The first-order valence-corrected chi connectivity index (χ1v) is 4.71. The fraction of sp³-hybridized carbons (Fsp3) is 1.00. The summed E-state index contributed by atoms with van der Waals surface area (Å²) in [5.74, 6) is -22.8. The quantitative estimate of drug-likeness (QED) is 0.202. The topological polar surface area (TPSA) is 235 Å². The molecule has 1 rings (SSSR count). The normalized spacial score (nSPS) is 32.8. The molecule has 12 nitrogen and oxygen atoms in total. The molecule has 19 heavy (non-hydrogen) atoms. The molecule has 0 aromatic rings. The number of rotatable bonds is 1. The zero-order chi connectivity index (χ0) is 15.7. The van der Waals surface area contributed by atoms with Crippen molar-refractivity contribution in [3.05, 3.63) is 0 Å². The summed E-state index contributed by atoms with van der Waals surface area (Å²) in [5.41, 5.74) is -4.01. The summed E-state index contributed by atoms with van der Waals surface area (Å²) in [7, 11) is 0.635. The number of aliphatic hydroxyl groups is 11. The van der Waals surface area contributed by atoms with Gasteiger partial charge in [-0.15, -0.1) is 0 Å². The Morgan fingerprint density at radius 1 is 0.474 bits per heavy atom. The molecule has 1 aliphatic rings. The van der Waals surface area contributed by atoms with Gasteiger partial charge in [0.2, 0.25) is 5.72 Å². The summed E-state index contributed by atoms with van der Waals surface area (Å²) < 4.78 is 0. The van der Waals surface area contributed by atoms with Gasteiger partial charge in [0.15, 0.2) is 0 Å². The van der Waals surface area contributed by atoms with Crippen LogP contribution >= 0.6 is 0 Å². The third-order valence-corrected chi connectivity index (χ3v) is 3.32. The molecule has 0 unspecified atom stereocenters. The van der Waals surface area contributed by atoms with Crippen LogP contribution in [0.1, 0.15) is 0 Å². The lowest BCUT2D eigenvalue weighted by Crippen LogP contribution is -2.97. The van der Waals surface area contributed by atoms with E-state index < -0.39 is 34.7 Å². The van der Waals surface area contributed by atoms with Gasteiger partial charge in [-0.05, 0) is 7.05 Å². The maximum absolute atomic E-state index is 9.67. The molecule has 0 aromatic carbocycles. The molecule has 0 heterocycles. The highest BCUT2D eigenvalue weighted by Gasteiger charge is 2.91. The van der Waals surface area contributed by atoms with E-state index in [2.05, 4.69) is 0 Å². The van der Waals surface area contributed by atoms with Gasteiger partial charge in [-0.1, -0.05) is 0 Å². The average molecular weight is 289 g/mol. The van der Waals surface area contributed by atoms with Crippen LogP contribution in [0, 0.1) is 0 Å². The molecule has 12 heteroatoms. The molecule has 114 valence electrons. The molecule has 12 N–H and O–H groups in total. The van der Waals surface area contributed by atoms with Crippen molar-refractivity contribution in [2.75, 3.05) is 7.05 Å². The third-order valence-electron chi connectivity index (χ3n) is 3.32. The Balaban J connectivity index is 3.76. The van der Waals surface area contributed by atoms with Gasteiger partial charge < -0.3 is 56.2 Å². The van der Waals surface area contributed by atoms with Gasteiger partial charge in [0.05, 0.1) is 0 Å². The molecule has 0 aromatic heterocycles. The smallest absolute Gasteiger partial charge is 0.286 e. The van der Waals surface area contributed by atoms with Gasteiger partial charge in [-0.3, -0.25) is 5.32 Å². The van der Waals surface area contributed by atoms with Gasteiger partial charge in [0, 0.05) is 0 Å². The monoisotopic (exact) mass is 289 g/mol. The molecule has 0 bridgehead atoms. The van der Waals surface area contributed by atoms with E-state index in [4.69, 9.17) is 0 Å². The van der Waals surface area contributed by atoms with Crippen molar-refractivity contribution in [2.45, 2.75) is 34.7 Å². The molecule has 0 amide bonds. The van der Waals surface area contributed by atoms with Crippen molar-refractivity contribution >= 4 is 0 Å². The molecule has 0 radical (unpaired) electrons. The van der Waals surface area contributed by atoms with E-state index in [1.807, 2.05) is 0 Å². The number of likely N-dealkylation sites (N-methyl/N-ethyl adjacent to an activating group) is 1. The van der Waals surface area contributed by atoms with Crippen LogP contribution in [0.4, 0.5) is 0 Å². The van der Waals surface area contributed by atoms with Crippen molar-refractivity contribution < 1.29 is 56.2 Å². The second-order valence-electron chi connectivity index (χ2n) is 4.32. The molecule has 1 fully saturated rings. The SMILES string of the molecule is CNC1(O)C(O)(O)C(O)(O)C(O)(O)C(O)(O)C1(O)O. The number of nitrogens with one attached hydrogen (secondary N) is 1. The minimum absolute atomic E-state index is 0.635. The summed E-state index contributed by atoms with van der Waals surface area (Å²) in [6.45, 7) is 0. The van der Waals surface area contributed by atoms with Crippen LogP contribution in [0.2, 0.25) is 0 Å². The van der Waals surface area contributed by atoms with Crippen LogP contribution in [0.5, 0.6) is 0 Å². The second kappa shape index (κ2) is 3.59.